The van der Waals surface area contributed by atoms with Crippen molar-refractivity contribution in [1.82, 2.24) is 9.80 Å². The summed E-state index contributed by atoms with van der Waals surface area (Å²) in [7, 11) is 0. The third-order valence-corrected chi connectivity index (χ3v) is 4.46. The van der Waals surface area contributed by atoms with Gasteiger partial charge in [-0.2, -0.15) is 0 Å². The zero-order valence-electron chi connectivity index (χ0n) is 14.4. The van der Waals surface area contributed by atoms with Gasteiger partial charge < -0.3 is 9.64 Å². The van der Waals surface area contributed by atoms with E-state index in [-0.39, 0.29) is 16.6 Å². The first-order chi connectivity index (χ1) is 11.1. The molecule has 1 saturated heterocycles. The second-order valence-electron chi connectivity index (χ2n) is 7.09. The first-order valence-electron chi connectivity index (χ1n) is 7.93. The number of ether oxygens (including phenoxy) is 1. The average molecular weight is 405 g/mol. The van der Waals surface area contributed by atoms with Crippen molar-refractivity contribution in [3.63, 3.8) is 0 Å². The number of hydrogen-bond donors (Lipinski definition) is 0. The highest BCUT2D eigenvalue weighted by Gasteiger charge is 2.31. The number of benzene rings is 1. The van der Waals surface area contributed by atoms with Crippen LogP contribution in [0.1, 0.15) is 33.3 Å². The van der Waals surface area contributed by atoms with E-state index in [2.05, 4.69) is 15.9 Å². The molecule has 134 valence electrons. The fourth-order valence-electron chi connectivity index (χ4n) is 2.70. The Kier molecular flexibility index (Phi) is 5.86. The number of rotatable bonds is 2. The molecule has 1 aliphatic rings. The number of carbonyl (C=O) groups excluding carboxylic acids is 1. The highest BCUT2D eigenvalue weighted by molar-refractivity contribution is 9.10. The van der Waals surface area contributed by atoms with Crippen molar-refractivity contribution in [1.29, 1.82) is 0 Å². The molecule has 0 aliphatic carbocycles. The molecule has 1 unspecified atom stereocenters. The summed E-state index contributed by atoms with van der Waals surface area (Å²) in [6.45, 7) is 9.38. The molecule has 0 radical (unpaired) electrons. The van der Waals surface area contributed by atoms with Gasteiger partial charge in [-0.05, 0) is 49.7 Å². The van der Waals surface area contributed by atoms with E-state index in [9.17, 15) is 13.6 Å². The van der Waals surface area contributed by atoms with Crippen molar-refractivity contribution in [3.05, 3.63) is 33.8 Å². The van der Waals surface area contributed by atoms with Gasteiger partial charge in [0.05, 0.1) is 4.47 Å². The van der Waals surface area contributed by atoms with Crippen LogP contribution in [0.5, 0.6) is 0 Å². The molecule has 0 aromatic heterocycles. The number of halogens is 3. The Labute approximate surface area is 149 Å². The second-order valence-corrected chi connectivity index (χ2v) is 7.95. The normalized spacial score (nSPS) is 19.5. The topological polar surface area (TPSA) is 32.8 Å². The van der Waals surface area contributed by atoms with Crippen LogP contribution in [0.3, 0.4) is 0 Å². The molecular weight excluding hydrogens is 382 g/mol. The van der Waals surface area contributed by atoms with Gasteiger partial charge in [0.15, 0.2) is 11.6 Å². The molecule has 7 heteroatoms. The van der Waals surface area contributed by atoms with E-state index >= 15 is 0 Å². The van der Waals surface area contributed by atoms with E-state index in [1.807, 2.05) is 32.6 Å². The monoisotopic (exact) mass is 404 g/mol. The summed E-state index contributed by atoms with van der Waals surface area (Å²) in [4.78, 5) is 15.9. The van der Waals surface area contributed by atoms with E-state index in [1.165, 1.54) is 6.07 Å². The fourth-order valence-corrected chi connectivity index (χ4v) is 3.00. The van der Waals surface area contributed by atoms with Gasteiger partial charge >= 0.3 is 6.09 Å². The Morgan fingerprint density at radius 1 is 1.29 bits per heavy atom. The van der Waals surface area contributed by atoms with Gasteiger partial charge in [-0.15, -0.1) is 0 Å². The third kappa shape index (κ3) is 4.66. The Balaban J connectivity index is 1.99. The van der Waals surface area contributed by atoms with Gasteiger partial charge in [-0.3, -0.25) is 4.90 Å². The predicted octanol–water partition coefficient (Wildman–Crippen LogP) is 4.17. The SMILES string of the molecule is CC1CN(Cc2ccc(Br)c(F)c2F)CCN1C(=O)OC(C)(C)C. The Morgan fingerprint density at radius 2 is 1.96 bits per heavy atom. The summed E-state index contributed by atoms with van der Waals surface area (Å²) in [6.07, 6.45) is -0.337. The molecule has 24 heavy (non-hydrogen) atoms. The Morgan fingerprint density at radius 3 is 2.54 bits per heavy atom. The molecule has 1 aromatic rings. The van der Waals surface area contributed by atoms with Crippen molar-refractivity contribution < 1.29 is 18.3 Å². The smallest absolute Gasteiger partial charge is 0.410 e. The van der Waals surface area contributed by atoms with Gasteiger partial charge in [-0.25, -0.2) is 13.6 Å². The lowest BCUT2D eigenvalue weighted by Crippen LogP contribution is -2.54. The number of amides is 1. The minimum Gasteiger partial charge on any atom is -0.444 e. The van der Waals surface area contributed by atoms with E-state index in [0.717, 1.165) is 0 Å². The van der Waals surface area contributed by atoms with Crippen LogP contribution in [0.15, 0.2) is 16.6 Å². The maximum atomic E-state index is 14.0. The van der Waals surface area contributed by atoms with Crippen molar-refractivity contribution in [2.24, 2.45) is 0 Å². The van der Waals surface area contributed by atoms with Crippen LogP contribution >= 0.6 is 15.9 Å². The minimum absolute atomic E-state index is 0.0584. The highest BCUT2D eigenvalue weighted by atomic mass is 79.9. The van der Waals surface area contributed by atoms with Crippen molar-refractivity contribution in [2.45, 2.75) is 45.9 Å². The van der Waals surface area contributed by atoms with Gasteiger partial charge in [0.1, 0.15) is 5.60 Å². The van der Waals surface area contributed by atoms with Crippen molar-refractivity contribution in [2.75, 3.05) is 19.6 Å². The second kappa shape index (κ2) is 7.35. The largest absolute Gasteiger partial charge is 0.444 e. The summed E-state index contributed by atoms with van der Waals surface area (Å²) in [5.41, 5.74) is -0.222. The summed E-state index contributed by atoms with van der Waals surface area (Å²) >= 11 is 2.98. The number of hydrogen-bond acceptors (Lipinski definition) is 3. The molecule has 1 amide bonds. The van der Waals surface area contributed by atoms with Crippen LogP contribution in [0, 0.1) is 11.6 Å². The number of carbonyl (C=O) groups is 1. The van der Waals surface area contributed by atoms with Crippen LogP contribution in [0.2, 0.25) is 0 Å². The lowest BCUT2D eigenvalue weighted by Gasteiger charge is -2.40. The maximum Gasteiger partial charge on any atom is 0.410 e. The van der Waals surface area contributed by atoms with E-state index in [4.69, 9.17) is 4.74 Å². The quantitative estimate of drug-likeness (QED) is 0.693. The molecule has 1 fully saturated rings. The molecule has 1 aromatic carbocycles. The lowest BCUT2D eigenvalue weighted by molar-refractivity contribution is 0.000427. The van der Waals surface area contributed by atoms with Gasteiger partial charge in [0.25, 0.3) is 0 Å². The predicted molar refractivity (Wildman–Crippen MR) is 91.7 cm³/mol. The molecule has 0 saturated carbocycles. The average Bonchev–Trinajstić information content (AvgIpc) is 2.46. The van der Waals surface area contributed by atoms with Crippen LogP contribution in [-0.4, -0.2) is 47.2 Å². The van der Waals surface area contributed by atoms with E-state index < -0.39 is 17.2 Å². The standard InChI is InChI=1S/C17H23BrF2N2O2/c1-11-9-21(7-8-22(11)16(23)24-17(2,3)4)10-12-5-6-13(18)15(20)14(12)19/h5-6,11H,7-10H2,1-4H3. The summed E-state index contributed by atoms with van der Waals surface area (Å²) in [5.74, 6) is -1.69. The fraction of sp³-hybridized carbons (Fsp3) is 0.588. The third-order valence-electron chi connectivity index (χ3n) is 3.85. The zero-order valence-corrected chi connectivity index (χ0v) is 16.0. The Hall–Kier alpha value is -1.21. The lowest BCUT2D eigenvalue weighted by atomic mass is 10.1. The van der Waals surface area contributed by atoms with Gasteiger partial charge in [-0.1, -0.05) is 6.07 Å². The molecule has 1 heterocycles. The summed E-state index contributed by atoms with van der Waals surface area (Å²) in [5, 5.41) is 0. The first-order valence-corrected chi connectivity index (χ1v) is 8.72. The first kappa shape index (κ1) is 19.1. The van der Waals surface area contributed by atoms with Crippen LogP contribution in [0.4, 0.5) is 13.6 Å². The molecule has 4 nitrogen and oxygen atoms in total. The van der Waals surface area contributed by atoms with Crippen LogP contribution in [-0.2, 0) is 11.3 Å². The molecule has 0 bridgehead atoms. The molecule has 1 atom stereocenters. The number of piperazine rings is 1. The minimum atomic E-state index is -0.868. The van der Waals surface area contributed by atoms with Crippen LogP contribution in [0.25, 0.3) is 0 Å². The number of nitrogens with zero attached hydrogens (tertiary/aromatic N) is 2. The maximum absolute atomic E-state index is 14.0. The zero-order chi connectivity index (χ0) is 18.1. The molecule has 2 rings (SSSR count). The molecule has 1 aliphatic heterocycles. The van der Waals surface area contributed by atoms with Gasteiger partial charge in [0.2, 0.25) is 0 Å². The molecule has 0 N–H and O–H groups in total. The molecular formula is C17H23BrF2N2O2. The van der Waals surface area contributed by atoms with Crippen molar-refractivity contribution in [3.8, 4) is 0 Å². The Bertz CT molecular complexity index is 619. The van der Waals surface area contributed by atoms with E-state index in [0.29, 0.717) is 31.7 Å². The van der Waals surface area contributed by atoms with Crippen LogP contribution < -0.4 is 0 Å². The van der Waals surface area contributed by atoms with Crippen molar-refractivity contribution >= 4 is 22.0 Å². The highest BCUT2D eigenvalue weighted by Crippen LogP contribution is 2.23. The summed E-state index contributed by atoms with van der Waals surface area (Å²) < 4.78 is 33.1. The van der Waals surface area contributed by atoms with Gasteiger partial charge in [0, 0.05) is 37.8 Å². The summed E-state index contributed by atoms with van der Waals surface area (Å²) in [6, 6.07) is 3.03. The molecule has 0 spiro atoms. The van der Waals surface area contributed by atoms with E-state index in [1.54, 1.807) is 11.0 Å².